The Bertz CT molecular complexity index is 393. The molecular weight excluding hydrogens is 234 g/mol. The molecule has 94 valence electrons. The van der Waals surface area contributed by atoms with E-state index in [2.05, 4.69) is 9.47 Å². The molecule has 0 aromatic heterocycles. The number of hydrogen-bond donors (Lipinski definition) is 0. The Morgan fingerprint density at radius 2 is 2.00 bits per heavy atom. The number of methoxy groups -OCH3 is 1. The van der Waals surface area contributed by atoms with Gasteiger partial charge in [-0.1, -0.05) is 6.07 Å². The molecule has 1 aromatic rings. The quantitative estimate of drug-likeness (QED) is 0.747. The second-order valence-corrected chi connectivity index (χ2v) is 3.02. The number of esters is 1. The minimum absolute atomic E-state index is 0.143. The maximum absolute atomic E-state index is 13.2. The lowest BCUT2D eigenvalue weighted by Gasteiger charge is -2.16. The van der Waals surface area contributed by atoms with Gasteiger partial charge >= 0.3 is 12.1 Å². The van der Waals surface area contributed by atoms with Crippen LogP contribution in [-0.2, 0) is 9.53 Å². The van der Waals surface area contributed by atoms with Gasteiger partial charge in [-0.05, 0) is 19.1 Å². The van der Waals surface area contributed by atoms with Crippen LogP contribution >= 0.6 is 0 Å². The fourth-order valence-electron chi connectivity index (χ4n) is 1.07. The largest absolute Gasteiger partial charge is 0.502 e. The highest BCUT2D eigenvalue weighted by molar-refractivity contribution is 5.76. The molecule has 4 nitrogen and oxygen atoms in total. The first-order valence-corrected chi connectivity index (χ1v) is 4.87. The summed E-state index contributed by atoms with van der Waals surface area (Å²) in [5.74, 6) is -1.55. The Hall–Kier alpha value is -1.85. The number of alkyl halides is 2. The van der Waals surface area contributed by atoms with E-state index in [1.807, 2.05) is 0 Å². The van der Waals surface area contributed by atoms with Crippen molar-refractivity contribution in [2.75, 3.05) is 13.7 Å². The number of rotatable bonds is 5. The summed E-state index contributed by atoms with van der Waals surface area (Å²) < 4.78 is 39.7. The lowest BCUT2D eigenvalue weighted by Crippen LogP contribution is -2.36. The maximum atomic E-state index is 13.2. The van der Waals surface area contributed by atoms with Crippen LogP contribution in [0.3, 0.4) is 0 Å². The Balaban J connectivity index is 2.78. The summed E-state index contributed by atoms with van der Waals surface area (Å²) in [6.07, 6.45) is -4.01. The van der Waals surface area contributed by atoms with Crippen molar-refractivity contribution in [2.24, 2.45) is 0 Å². The van der Waals surface area contributed by atoms with Gasteiger partial charge in [-0.25, -0.2) is 4.79 Å². The zero-order valence-electron chi connectivity index (χ0n) is 9.41. The van der Waals surface area contributed by atoms with Crippen LogP contribution in [0.5, 0.6) is 11.5 Å². The first-order chi connectivity index (χ1) is 7.99. The van der Waals surface area contributed by atoms with E-state index in [1.54, 1.807) is 6.07 Å². The van der Waals surface area contributed by atoms with Gasteiger partial charge in [0.05, 0.1) is 13.7 Å². The summed E-state index contributed by atoms with van der Waals surface area (Å²) in [6.45, 7) is 1.29. The topological polar surface area (TPSA) is 44.8 Å². The van der Waals surface area contributed by atoms with Crippen LogP contribution in [0, 0.1) is 0 Å². The van der Waals surface area contributed by atoms with Gasteiger partial charge in [0.2, 0.25) is 0 Å². The van der Waals surface area contributed by atoms with Gasteiger partial charge in [-0.3, -0.25) is 0 Å². The molecule has 0 aliphatic carbocycles. The van der Waals surface area contributed by atoms with E-state index in [0.29, 0.717) is 5.75 Å². The highest BCUT2D eigenvalue weighted by atomic mass is 19.3. The standard InChI is InChI=1S/C11H12F2O4/c1-3-16-10(14)11(12,13)17-9-6-4-5-8(7-9)15-2/h4-7H,3H2,1-2H3. The molecule has 0 bridgehead atoms. The summed E-state index contributed by atoms with van der Waals surface area (Å²) in [6, 6.07) is 5.56. The molecule has 0 saturated heterocycles. The molecule has 0 atom stereocenters. The van der Waals surface area contributed by atoms with Crippen LogP contribution in [-0.4, -0.2) is 25.8 Å². The van der Waals surface area contributed by atoms with E-state index in [1.165, 1.54) is 32.2 Å². The highest BCUT2D eigenvalue weighted by Gasteiger charge is 2.44. The van der Waals surface area contributed by atoms with Crippen LogP contribution in [0.1, 0.15) is 6.92 Å². The third-order valence-corrected chi connectivity index (χ3v) is 1.80. The smallest absolute Gasteiger partial charge is 0.497 e. The van der Waals surface area contributed by atoms with E-state index < -0.39 is 12.1 Å². The molecule has 0 unspecified atom stereocenters. The molecule has 0 saturated carbocycles. The lowest BCUT2D eigenvalue weighted by atomic mass is 10.3. The zero-order valence-corrected chi connectivity index (χ0v) is 9.41. The minimum Gasteiger partial charge on any atom is -0.497 e. The molecule has 1 rings (SSSR count). The summed E-state index contributed by atoms with van der Waals surface area (Å²) in [5, 5.41) is 0. The summed E-state index contributed by atoms with van der Waals surface area (Å²) in [7, 11) is 1.39. The van der Waals surface area contributed by atoms with Crippen LogP contribution in [0.15, 0.2) is 24.3 Å². The van der Waals surface area contributed by atoms with Crippen molar-refractivity contribution >= 4 is 5.97 Å². The monoisotopic (exact) mass is 246 g/mol. The average molecular weight is 246 g/mol. The molecule has 0 aliphatic heterocycles. The average Bonchev–Trinajstić information content (AvgIpc) is 2.29. The predicted octanol–water partition coefficient (Wildman–Crippen LogP) is 2.23. The van der Waals surface area contributed by atoms with Crippen LogP contribution in [0.2, 0.25) is 0 Å². The van der Waals surface area contributed by atoms with E-state index in [-0.39, 0.29) is 12.4 Å². The molecule has 1 aromatic carbocycles. The van der Waals surface area contributed by atoms with E-state index >= 15 is 0 Å². The summed E-state index contributed by atoms with van der Waals surface area (Å²) in [5.41, 5.74) is 0. The minimum atomic E-state index is -4.01. The van der Waals surface area contributed by atoms with E-state index in [0.717, 1.165) is 0 Å². The van der Waals surface area contributed by atoms with Crippen molar-refractivity contribution in [3.05, 3.63) is 24.3 Å². The predicted molar refractivity (Wildman–Crippen MR) is 55.2 cm³/mol. The van der Waals surface area contributed by atoms with Gasteiger partial charge in [0, 0.05) is 6.07 Å². The highest BCUT2D eigenvalue weighted by Crippen LogP contribution is 2.26. The molecule has 0 aliphatic rings. The lowest BCUT2D eigenvalue weighted by molar-refractivity contribution is -0.216. The Kier molecular flexibility index (Phi) is 4.25. The summed E-state index contributed by atoms with van der Waals surface area (Å²) in [4.78, 5) is 10.9. The Morgan fingerprint density at radius 1 is 1.35 bits per heavy atom. The van der Waals surface area contributed by atoms with Crippen molar-refractivity contribution in [1.82, 2.24) is 0 Å². The van der Waals surface area contributed by atoms with Gasteiger partial charge in [0.25, 0.3) is 0 Å². The number of carbonyl (C=O) groups excluding carboxylic acids is 1. The first kappa shape index (κ1) is 13.2. The van der Waals surface area contributed by atoms with Crippen LogP contribution in [0.25, 0.3) is 0 Å². The molecule has 0 heterocycles. The number of halogens is 2. The number of hydrogen-bond acceptors (Lipinski definition) is 4. The molecule has 0 radical (unpaired) electrons. The third kappa shape index (κ3) is 3.58. The molecule has 0 spiro atoms. The van der Waals surface area contributed by atoms with Crippen molar-refractivity contribution in [3.8, 4) is 11.5 Å². The number of carbonyl (C=O) groups is 1. The van der Waals surface area contributed by atoms with Crippen molar-refractivity contribution < 1.29 is 27.8 Å². The summed E-state index contributed by atoms with van der Waals surface area (Å²) >= 11 is 0. The van der Waals surface area contributed by atoms with Crippen molar-refractivity contribution in [1.29, 1.82) is 0 Å². The zero-order chi connectivity index (χ0) is 12.9. The maximum Gasteiger partial charge on any atom is 0.502 e. The van der Waals surface area contributed by atoms with E-state index in [9.17, 15) is 13.6 Å². The second-order valence-electron chi connectivity index (χ2n) is 3.02. The van der Waals surface area contributed by atoms with Crippen LogP contribution < -0.4 is 9.47 Å². The second kappa shape index (κ2) is 5.47. The fraction of sp³-hybridized carbons (Fsp3) is 0.364. The van der Waals surface area contributed by atoms with Gasteiger partial charge in [-0.15, -0.1) is 0 Å². The van der Waals surface area contributed by atoms with E-state index in [4.69, 9.17) is 4.74 Å². The SMILES string of the molecule is CCOC(=O)C(F)(F)Oc1cccc(OC)c1. The fourth-order valence-corrected chi connectivity index (χ4v) is 1.07. The number of benzene rings is 1. The van der Waals surface area contributed by atoms with Gasteiger partial charge in [0.15, 0.2) is 0 Å². The molecular formula is C11H12F2O4. The van der Waals surface area contributed by atoms with Gasteiger partial charge < -0.3 is 14.2 Å². The van der Waals surface area contributed by atoms with Crippen molar-refractivity contribution in [2.45, 2.75) is 13.0 Å². The molecule has 0 amide bonds. The molecule has 0 N–H and O–H groups in total. The third-order valence-electron chi connectivity index (χ3n) is 1.80. The van der Waals surface area contributed by atoms with Gasteiger partial charge in [0.1, 0.15) is 11.5 Å². The van der Waals surface area contributed by atoms with Gasteiger partial charge in [-0.2, -0.15) is 8.78 Å². The molecule has 0 fully saturated rings. The molecule has 6 heteroatoms. The normalized spacial score (nSPS) is 10.8. The number of ether oxygens (including phenoxy) is 3. The Labute approximate surface area is 97.1 Å². The Morgan fingerprint density at radius 3 is 2.59 bits per heavy atom. The molecule has 17 heavy (non-hydrogen) atoms. The van der Waals surface area contributed by atoms with Crippen LogP contribution in [0.4, 0.5) is 8.78 Å². The first-order valence-electron chi connectivity index (χ1n) is 4.87. The van der Waals surface area contributed by atoms with Crippen molar-refractivity contribution in [3.63, 3.8) is 0 Å².